The second kappa shape index (κ2) is 14.9. The number of nitrogens with zero attached hydrogens (tertiary/aromatic N) is 2. The molecule has 264 valence electrons. The van der Waals surface area contributed by atoms with Crippen LogP contribution in [0.5, 0.6) is 17.2 Å². The standard InChI is InChI=1S/C42H26N2O10/c45-36-2-1-25-43(36)31-13-7-29(8-14-31)41(50)52-33-17-9-27(10-18-33)39(48)26-3-5-28(6-4-26)40(49)53-34-19-11-30(12-20-34)42(51)54-35-21-15-32(16-22-35)44-37(46)23-24-38(44)47/h1-24H,25H2. The van der Waals surface area contributed by atoms with Gasteiger partial charge in [-0.05, 0) is 109 Å². The lowest BCUT2D eigenvalue weighted by Gasteiger charge is -2.15. The topological polar surface area (TPSA) is 154 Å². The van der Waals surface area contributed by atoms with E-state index in [1.165, 1.54) is 115 Å². The molecule has 2 aliphatic rings. The second-order valence-electron chi connectivity index (χ2n) is 11.9. The molecular formula is C42H26N2O10. The summed E-state index contributed by atoms with van der Waals surface area (Å²) in [6, 6.07) is 30.0. The molecule has 54 heavy (non-hydrogen) atoms. The number of hydrogen-bond acceptors (Lipinski definition) is 10. The third kappa shape index (κ3) is 7.48. The maximum Gasteiger partial charge on any atom is 0.343 e. The number of ketones is 1. The van der Waals surface area contributed by atoms with Gasteiger partial charge in [-0.15, -0.1) is 0 Å². The van der Waals surface area contributed by atoms with Crippen LogP contribution in [0.4, 0.5) is 11.4 Å². The van der Waals surface area contributed by atoms with Gasteiger partial charge in [-0.1, -0.05) is 18.2 Å². The molecule has 0 unspecified atom stereocenters. The fourth-order valence-corrected chi connectivity index (χ4v) is 5.52. The van der Waals surface area contributed by atoms with Gasteiger partial charge in [0.15, 0.2) is 5.78 Å². The van der Waals surface area contributed by atoms with Crippen molar-refractivity contribution in [1.82, 2.24) is 0 Å². The Morgan fingerprint density at radius 1 is 0.407 bits per heavy atom. The van der Waals surface area contributed by atoms with Gasteiger partial charge in [-0.25, -0.2) is 19.3 Å². The van der Waals surface area contributed by atoms with Crippen molar-refractivity contribution in [2.75, 3.05) is 16.3 Å². The van der Waals surface area contributed by atoms with Crippen LogP contribution in [0.1, 0.15) is 47.0 Å². The highest BCUT2D eigenvalue weighted by molar-refractivity contribution is 6.28. The summed E-state index contributed by atoms with van der Waals surface area (Å²) in [4.78, 5) is 89.4. The van der Waals surface area contributed by atoms with Gasteiger partial charge in [0, 0.05) is 41.6 Å². The molecule has 7 rings (SSSR count). The Labute approximate surface area is 307 Å². The lowest BCUT2D eigenvalue weighted by molar-refractivity contribution is -0.120. The summed E-state index contributed by atoms with van der Waals surface area (Å²) in [6.07, 6.45) is 5.59. The number of hydrogen-bond donors (Lipinski definition) is 0. The number of carbonyl (C=O) groups excluding carboxylic acids is 7. The molecule has 2 aliphatic heterocycles. The number of esters is 3. The van der Waals surface area contributed by atoms with E-state index < -0.39 is 29.7 Å². The smallest absolute Gasteiger partial charge is 0.343 e. The molecule has 5 aromatic carbocycles. The molecule has 3 amide bonds. The van der Waals surface area contributed by atoms with Gasteiger partial charge in [-0.2, -0.15) is 0 Å². The minimum absolute atomic E-state index is 0.125. The summed E-state index contributed by atoms with van der Waals surface area (Å²) in [6.45, 7) is 0.471. The summed E-state index contributed by atoms with van der Waals surface area (Å²) in [5, 5.41) is 0. The molecule has 0 spiro atoms. The first-order chi connectivity index (χ1) is 26.1. The van der Waals surface area contributed by atoms with E-state index >= 15 is 0 Å². The van der Waals surface area contributed by atoms with Crippen molar-refractivity contribution in [3.05, 3.63) is 173 Å². The van der Waals surface area contributed by atoms with Crippen LogP contribution in [0, 0.1) is 0 Å². The van der Waals surface area contributed by atoms with Gasteiger partial charge in [0.2, 0.25) is 0 Å². The van der Waals surface area contributed by atoms with Crippen LogP contribution in [0.2, 0.25) is 0 Å². The Morgan fingerprint density at radius 2 is 0.759 bits per heavy atom. The highest BCUT2D eigenvalue weighted by Gasteiger charge is 2.25. The molecule has 12 nitrogen and oxygen atoms in total. The lowest BCUT2D eigenvalue weighted by Crippen LogP contribution is -2.29. The number of anilines is 2. The van der Waals surface area contributed by atoms with Gasteiger partial charge >= 0.3 is 17.9 Å². The monoisotopic (exact) mass is 718 g/mol. The zero-order valence-electron chi connectivity index (χ0n) is 28.0. The van der Waals surface area contributed by atoms with Crippen LogP contribution < -0.4 is 24.0 Å². The highest BCUT2D eigenvalue weighted by atomic mass is 16.5. The zero-order chi connectivity index (χ0) is 37.8. The number of rotatable bonds is 10. The predicted molar refractivity (Wildman–Crippen MR) is 194 cm³/mol. The van der Waals surface area contributed by atoms with E-state index in [2.05, 4.69) is 0 Å². The third-order valence-electron chi connectivity index (χ3n) is 8.35. The minimum atomic E-state index is -0.683. The van der Waals surface area contributed by atoms with Gasteiger partial charge in [0.05, 0.1) is 22.4 Å². The Bertz CT molecular complexity index is 2360. The van der Waals surface area contributed by atoms with Crippen molar-refractivity contribution in [2.45, 2.75) is 0 Å². The Hall–Kier alpha value is -7.73. The predicted octanol–water partition coefficient (Wildman–Crippen LogP) is 5.91. The van der Waals surface area contributed by atoms with Gasteiger partial charge < -0.3 is 19.1 Å². The Kier molecular flexibility index (Phi) is 9.55. The van der Waals surface area contributed by atoms with Crippen molar-refractivity contribution in [2.24, 2.45) is 0 Å². The van der Waals surface area contributed by atoms with Crippen LogP contribution in [-0.2, 0) is 14.4 Å². The number of carbonyl (C=O) groups is 7. The zero-order valence-corrected chi connectivity index (χ0v) is 28.0. The quantitative estimate of drug-likeness (QED) is 0.0737. The van der Waals surface area contributed by atoms with E-state index in [9.17, 15) is 33.6 Å². The average Bonchev–Trinajstić information content (AvgIpc) is 3.78. The van der Waals surface area contributed by atoms with Gasteiger partial charge in [0.25, 0.3) is 17.7 Å². The molecule has 0 saturated heterocycles. The van der Waals surface area contributed by atoms with Crippen LogP contribution >= 0.6 is 0 Å². The SMILES string of the molecule is O=C(Oc1ccc(N2C(=O)C=CC2=O)cc1)c1ccc(OC(=O)c2ccc(C(=O)c3ccc(OC(=O)c4ccc(N5CC=CC5=O)cc4)cc3)cc2)cc1. The van der Waals surface area contributed by atoms with Crippen molar-refractivity contribution in [3.8, 4) is 17.2 Å². The van der Waals surface area contributed by atoms with E-state index in [0.29, 0.717) is 34.6 Å². The molecule has 0 radical (unpaired) electrons. The normalized spacial score (nSPS) is 13.3. The Balaban J connectivity index is 0.898. The van der Waals surface area contributed by atoms with Gasteiger partial charge in [0.1, 0.15) is 17.2 Å². The first kappa shape index (κ1) is 34.7. The molecule has 0 aromatic heterocycles. The van der Waals surface area contributed by atoms with Gasteiger partial charge in [-0.3, -0.25) is 19.2 Å². The van der Waals surface area contributed by atoms with Crippen molar-refractivity contribution < 1.29 is 47.8 Å². The molecule has 0 bridgehead atoms. The average molecular weight is 719 g/mol. The van der Waals surface area contributed by atoms with Crippen LogP contribution in [0.3, 0.4) is 0 Å². The maximum absolute atomic E-state index is 13.1. The molecule has 2 heterocycles. The number of benzene rings is 5. The molecule has 0 atom stereocenters. The fourth-order valence-electron chi connectivity index (χ4n) is 5.52. The summed E-state index contributed by atoms with van der Waals surface area (Å²) in [5.41, 5.74) is 2.32. The van der Waals surface area contributed by atoms with Crippen molar-refractivity contribution in [1.29, 1.82) is 0 Å². The van der Waals surface area contributed by atoms with Crippen LogP contribution in [-0.4, -0.2) is 48.0 Å². The number of imide groups is 1. The summed E-state index contributed by atoms with van der Waals surface area (Å²) in [7, 11) is 0. The van der Waals surface area contributed by atoms with E-state index in [4.69, 9.17) is 14.2 Å². The van der Waals surface area contributed by atoms with E-state index in [0.717, 1.165) is 4.90 Å². The summed E-state index contributed by atoms with van der Waals surface area (Å²) < 4.78 is 16.2. The summed E-state index contributed by atoms with van der Waals surface area (Å²) in [5.74, 6) is -2.72. The first-order valence-corrected chi connectivity index (χ1v) is 16.4. The summed E-state index contributed by atoms with van der Waals surface area (Å²) >= 11 is 0. The molecule has 12 heteroatoms. The van der Waals surface area contributed by atoms with Crippen LogP contribution in [0.15, 0.2) is 146 Å². The molecule has 5 aromatic rings. The largest absolute Gasteiger partial charge is 0.423 e. The second-order valence-corrected chi connectivity index (χ2v) is 11.9. The molecule has 0 N–H and O–H groups in total. The number of ether oxygens (including phenoxy) is 3. The lowest BCUT2D eigenvalue weighted by atomic mass is 10.0. The first-order valence-electron chi connectivity index (χ1n) is 16.4. The molecular weight excluding hydrogens is 692 g/mol. The van der Waals surface area contributed by atoms with E-state index in [1.54, 1.807) is 35.2 Å². The van der Waals surface area contributed by atoms with Crippen molar-refractivity contribution in [3.63, 3.8) is 0 Å². The molecule has 0 aliphatic carbocycles. The van der Waals surface area contributed by atoms with Crippen LogP contribution in [0.25, 0.3) is 0 Å². The fraction of sp³-hybridized carbons (Fsp3) is 0.0238. The maximum atomic E-state index is 13.1. The van der Waals surface area contributed by atoms with E-state index in [1.807, 2.05) is 0 Å². The Morgan fingerprint density at radius 3 is 1.19 bits per heavy atom. The van der Waals surface area contributed by atoms with Crippen molar-refractivity contribution >= 4 is 52.8 Å². The minimum Gasteiger partial charge on any atom is -0.423 e. The molecule has 0 saturated carbocycles. The number of amides is 3. The third-order valence-corrected chi connectivity index (χ3v) is 8.35. The molecule has 0 fully saturated rings. The highest BCUT2D eigenvalue weighted by Crippen LogP contribution is 2.25. The van der Waals surface area contributed by atoms with E-state index in [-0.39, 0.29) is 40.1 Å².